The third-order valence-corrected chi connectivity index (χ3v) is 6.43. The number of nitrogens with zero attached hydrogens (tertiary/aromatic N) is 5. The third-order valence-electron chi connectivity index (χ3n) is 6.43. The molecule has 0 fully saturated rings. The molecule has 0 saturated carbocycles. The molecule has 0 saturated heterocycles. The van der Waals surface area contributed by atoms with Crippen molar-refractivity contribution < 1.29 is 18.4 Å². The van der Waals surface area contributed by atoms with Crippen LogP contribution < -0.4 is 10.6 Å². The molecule has 5 aromatic rings. The van der Waals surface area contributed by atoms with Crippen LogP contribution in [0.5, 0.6) is 0 Å². The molecular formula is C29H27F2N7O2. The molecule has 2 aromatic carbocycles. The number of anilines is 1. The maximum Gasteiger partial charge on any atom is 0.254 e. The molecule has 0 atom stereocenters. The normalized spacial score (nSPS) is 11.3. The smallest absolute Gasteiger partial charge is 0.254 e. The Labute approximate surface area is 228 Å². The van der Waals surface area contributed by atoms with Gasteiger partial charge in [0.15, 0.2) is 11.5 Å². The lowest BCUT2D eigenvalue weighted by Crippen LogP contribution is -2.25. The maximum atomic E-state index is 15.7. The Bertz CT molecular complexity index is 1760. The molecule has 0 unspecified atom stereocenters. The Hall–Kier alpha value is -4.93. The lowest BCUT2D eigenvalue weighted by Gasteiger charge is -2.13. The van der Waals surface area contributed by atoms with Crippen LogP contribution in [0.2, 0.25) is 0 Å². The van der Waals surface area contributed by atoms with Crippen molar-refractivity contribution in [2.24, 2.45) is 0 Å². The van der Waals surface area contributed by atoms with Crippen molar-refractivity contribution in [3.63, 3.8) is 0 Å². The third kappa shape index (κ3) is 5.31. The van der Waals surface area contributed by atoms with Crippen molar-refractivity contribution in [1.82, 2.24) is 29.7 Å². The van der Waals surface area contributed by atoms with Crippen LogP contribution in [0.3, 0.4) is 0 Å². The van der Waals surface area contributed by atoms with Gasteiger partial charge in [0, 0.05) is 42.4 Å². The van der Waals surface area contributed by atoms with E-state index in [-0.39, 0.29) is 40.9 Å². The molecule has 3 heterocycles. The Kier molecular flexibility index (Phi) is 7.12. The van der Waals surface area contributed by atoms with Crippen LogP contribution in [-0.2, 0) is 11.3 Å². The van der Waals surface area contributed by atoms with E-state index in [1.54, 1.807) is 54.2 Å². The number of imidazole rings is 1. The summed E-state index contributed by atoms with van der Waals surface area (Å²) in [5.41, 5.74) is 2.95. The molecule has 40 heavy (non-hydrogen) atoms. The zero-order valence-corrected chi connectivity index (χ0v) is 22.4. The lowest BCUT2D eigenvalue weighted by atomic mass is 10.0. The minimum Gasteiger partial charge on any atom is -0.348 e. The summed E-state index contributed by atoms with van der Waals surface area (Å²) in [6.07, 6.45) is 5.09. The average Bonchev–Trinajstić information content (AvgIpc) is 3.55. The molecule has 0 aliphatic carbocycles. The van der Waals surface area contributed by atoms with E-state index in [0.29, 0.717) is 17.0 Å². The van der Waals surface area contributed by atoms with Gasteiger partial charge in [-0.2, -0.15) is 10.2 Å². The Morgan fingerprint density at radius 1 is 1.02 bits per heavy atom. The molecule has 3 aromatic heterocycles. The molecule has 2 amide bonds. The summed E-state index contributed by atoms with van der Waals surface area (Å²) < 4.78 is 33.6. The topological polar surface area (TPSA) is 106 Å². The highest BCUT2D eigenvalue weighted by molar-refractivity contribution is 5.97. The largest absolute Gasteiger partial charge is 0.348 e. The zero-order chi connectivity index (χ0) is 28.6. The van der Waals surface area contributed by atoms with Gasteiger partial charge in [0.2, 0.25) is 5.91 Å². The lowest BCUT2D eigenvalue weighted by molar-refractivity contribution is -0.114. The van der Waals surface area contributed by atoms with Crippen LogP contribution in [0.15, 0.2) is 61.1 Å². The van der Waals surface area contributed by atoms with Gasteiger partial charge in [-0.1, -0.05) is 12.1 Å². The number of carbonyl (C=O) groups excluding carboxylic acids is 2. The van der Waals surface area contributed by atoms with E-state index in [4.69, 9.17) is 0 Å². The second kappa shape index (κ2) is 10.7. The predicted octanol–water partition coefficient (Wildman–Crippen LogP) is 5.32. The van der Waals surface area contributed by atoms with Gasteiger partial charge in [-0.05, 0) is 62.2 Å². The number of halogens is 2. The molecule has 0 aliphatic rings. The van der Waals surface area contributed by atoms with Gasteiger partial charge in [0.1, 0.15) is 11.6 Å². The average molecular weight is 544 g/mol. The van der Waals surface area contributed by atoms with E-state index >= 15 is 4.39 Å². The fraction of sp³-hybridized carbons (Fsp3) is 0.207. The fourth-order valence-corrected chi connectivity index (χ4v) is 4.34. The molecule has 0 bridgehead atoms. The van der Waals surface area contributed by atoms with E-state index in [2.05, 4.69) is 25.8 Å². The van der Waals surface area contributed by atoms with Crippen molar-refractivity contribution in [3.8, 4) is 22.4 Å². The number of carbonyl (C=O) groups is 2. The Morgan fingerprint density at radius 2 is 1.82 bits per heavy atom. The van der Waals surface area contributed by atoms with Crippen molar-refractivity contribution in [1.29, 1.82) is 0 Å². The quantitative estimate of drug-likeness (QED) is 0.289. The number of rotatable bonds is 7. The number of fused-ring (bicyclic) bond motifs is 1. The molecule has 0 radical (unpaired) electrons. The van der Waals surface area contributed by atoms with Gasteiger partial charge in [0.25, 0.3) is 5.91 Å². The van der Waals surface area contributed by atoms with Crippen LogP contribution in [-0.4, -0.2) is 36.2 Å². The number of hydrogen-bond acceptors (Lipinski definition) is 5. The monoisotopic (exact) mass is 543 g/mol. The van der Waals surface area contributed by atoms with Gasteiger partial charge < -0.3 is 10.6 Å². The van der Waals surface area contributed by atoms with Crippen LogP contribution in [0.25, 0.3) is 28.0 Å². The number of aromatic nitrogens is 5. The molecule has 11 heteroatoms. The van der Waals surface area contributed by atoms with Crippen molar-refractivity contribution >= 4 is 23.3 Å². The summed E-state index contributed by atoms with van der Waals surface area (Å²) >= 11 is 0. The second-order valence-electron chi connectivity index (χ2n) is 9.74. The molecule has 9 nitrogen and oxygen atoms in total. The van der Waals surface area contributed by atoms with E-state index in [0.717, 1.165) is 11.1 Å². The first-order valence-corrected chi connectivity index (χ1v) is 12.7. The molecule has 0 spiro atoms. The van der Waals surface area contributed by atoms with E-state index in [9.17, 15) is 14.0 Å². The number of benzene rings is 2. The van der Waals surface area contributed by atoms with Crippen molar-refractivity contribution in [2.45, 2.75) is 40.3 Å². The first kappa shape index (κ1) is 26.7. The molecular weight excluding hydrogens is 516 g/mol. The van der Waals surface area contributed by atoms with E-state index in [1.807, 2.05) is 20.0 Å². The first-order valence-electron chi connectivity index (χ1n) is 12.7. The van der Waals surface area contributed by atoms with Gasteiger partial charge in [-0.15, -0.1) is 0 Å². The van der Waals surface area contributed by atoms with Gasteiger partial charge >= 0.3 is 0 Å². The number of hydrogen-bond donors (Lipinski definition) is 2. The fourth-order valence-electron chi connectivity index (χ4n) is 4.34. The summed E-state index contributed by atoms with van der Waals surface area (Å²) in [7, 11) is 0. The van der Waals surface area contributed by atoms with E-state index in [1.165, 1.54) is 23.7 Å². The SMILES string of the molecule is CC(=O)Nc1cn2nc(-c3ccc(C)c(C(=O)NCc4cc(-c5cnn(C(C)C)c5)ccc4F)c3F)ccc2n1. The Balaban J connectivity index is 1.39. The standard InChI is InChI=1S/C29H27F2N7O2/c1-16(2)37-14-21(13-33-37)19-6-8-23(30)20(11-19)12-32-29(40)27-17(3)5-7-22(28(27)31)24-9-10-26-35-25(34-18(4)39)15-38(26)36-24/h5-11,13-16H,12H2,1-4H3,(H,32,40)(H,34,39). The van der Waals surface area contributed by atoms with Crippen LogP contribution >= 0.6 is 0 Å². The van der Waals surface area contributed by atoms with Crippen LogP contribution in [0.1, 0.15) is 48.3 Å². The van der Waals surface area contributed by atoms with Gasteiger partial charge in [0.05, 0.1) is 23.7 Å². The molecule has 204 valence electrons. The highest BCUT2D eigenvalue weighted by atomic mass is 19.1. The van der Waals surface area contributed by atoms with Gasteiger partial charge in [-0.3, -0.25) is 14.3 Å². The van der Waals surface area contributed by atoms with Crippen LogP contribution in [0, 0.1) is 18.6 Å². The second-order valence-corrected chi connectivity index (χ2v) is 9.74. The van der Waals surface area contributed by atoms with Crippen LogP contribution in [0.4, 0.5) is 14.6 Å². The summed E-state index contributed by atoms with van der Waals surface area (Å²) in [5, 5.41) is 14.0. The zero-order valence-electron chi connectivity index (χ0n) is 22.4. The van der Waals surface area contributed by atoms with Crippen molar-refractivity contribution in [2.75, 3.05) is 5.32 Å². The number of nitrogens with one attached hydrogen (secondary N) is 2. The summed E-state index contributed by atoms with van der Waals surface area (Å²) in [6.45, 7) is 6.88. The molecule has 5 rings (SSSR count). The minimum atomic E-state index is -0.748. The van der Waals surface area contributed by atoms with Gasteiger partial charge in [-0.25, -0.2) is 18.3 Å². The minimum absolute atomic E-state index is 0.114. The number of amides is 2. The molecule has 2 N–H and O–H groups in total. The summed E-state index contributed by atoms with van der Waals surface area (Å²) in [5.74, 6) is -1.88. The van der Waals surface area contributed by atoms with Crippen molar-refractivity contribution in [3.05, 3.63) is 89.4 Å². The number of aryl methyl sites for hydroxylation is 1. The highest BCUT2D eigenvalue weighted by Gasteiger charge is 2.21. The highest BCUT2D eigenvalue weighted by Crippen LogP contribution is 2.27. The Morgan fingerprint density at radius 3 is 2.55 bits per heavy atom. The summed E-state index contributed by atoms with van der Waals surface area (Å²) in [4.78, 5) is 28.7. The maximum absolute atomic E-state index is 15.7. The first-order chi connectivity index (χ1) is 19.1. The molecule has 0 aliphatic heterocycles. The predicted molar refractivity (Wildman–Crippen MR) is 147 cm³/mol. The van der Waals surface area contributed by atoms with E-state index < -0.39 is 17.5 Å². The summed E-state index contributed by atoms with van der Waals surface area (Å²) in [6, 6.07) is 11.2.